The van der Waals surface area contributed by atoms with Crippen molar-refractivity contribution in [1.82, 2.24) is 4.98 Å². The summed E-state index contributed by atoms with van der Waals surface area (Å²) in [6.45, 7) is 0.458. The van der Waals surface area contributed by atoms with Crippen LogP contribution in [-0.2, 0) is 17.9 Å². The SMILES string of the molecule is COC(=O)c1cccc(CN)c1COc1cccnc1N. The number of hydrogen-bond acceptors (Lipinski definition) is 6. The van der Waals surface area contributed by atoms with Crippen LogP contribution in [0.5, 0.6) is 5.75 Å². The summed E-state index contributed by atoms with van der Waals surface area (Å²) in [7, 11) is 1.33. The van der Waals surface area contributed by atoms with Crippen molar-refractivity contribution in [2.75, 3.05) is 12.8 Å². The van der Waals surface area contributed by atoms with Crippen LogP contribution < -0.4 is 16.2 Å². The molecule has 0 aliphatic rings. The van der Waals surface area contributed by atoms with Gasteiger partial charge in [-0.2, -0.15) is 0 Å². The summed E-state index contributed by atoms with van der Waals surface area (Å²) in [5.74, 6) is 0.325. The van der Waals surface area contributed by atoms with E-state index in [0.717, 1.165) is 5.56 Å². The first kappa shape index (κ1) is 14.8. The van der Waals surface area contributed by atoms with E-state index in [1.165, 1.54) is 7.11 Å². The molecule has 0 aliphatic carbocycles. The Morgan fingerprint density at radius 3 is 2.76 bits per heavy atom. The number of esters is 1. The fourth-order valence-corrected chi connectivity index (χ4v) is 1.97. The van der Waals surface area contributed by atoms with Gasteiger partial charge in [0.15, 0.2) is 11.6 Å². The zero-order valence-corrected chi connectivity index (χ0v) is 11.7. The number of carbonyl (C=O) groups is 1. The fraction of sp³-hybridized carbons (Fsp3) is 0.200. The lowest BCUT2D eigenvalue weighted by Gasteiger charge is -2.14. The highest BCUT2D eigenvalue weighted by molar-refractivity contribution is 5.91. The molecule has 0 fully saturated rings. The maximum Gasteiger partial charge on any atom is 0.338 e. The number of nitrogen functional groups attached to an aromatic ring is 1. The minimum Gasteiger partial charge on any atom is -0.485 e. The first-order valence-corrected chi connectivity index (χ1v) is 6.39. The summed E-state index contributed by atoms with van der Waals surface area (Å²) >= 11 is 0. The maximum absolute atomic E-state index is 11.8. The number of aromatic nitrogens is 1. The third kappa shape index (κ3) is 3.29. The lowest BCUT2D eigenvalue weighted by Crippen LogP contribution is -2.13. The average molecular weight is 287 g/mol. The summed E-state index contributed by atoms with van der Waals surface area (Å²) in [4.78, 5) is 15.8. The van der Waals surface area contributed by atoms with Crippen LogP contribution in [0.3, 0.4) is 0 Å². The number of benzene rings is 1. The van der Waals surface area contributed by atoms with Crippen LogP contribution in [0.15, 0.2) is 36.5 Å². The molecule has 2 aromatic rings. The van der Waals surface area contributed by atoms with E-state index in [4.69, 9.17) is 20.9 Å². The van der Waals surface area contributed by atoms with Crippen molar-refractivity contribution in [3.05, 3.63) is 53.2 Å². The normalized spacial score (nSPS) is 10.2. The third-order valence-electron chi connectivity index (χ3n) is 3.07. The van der Waals surface area contributed by atoms with Gasteiger partial charge in [0.1, 0.15) is 6.61 Å². The fourth-order valence-electron chi connectivity index (χ4n) is 1.97. The van der Waals surface area contributed by atoms with E-state index < -0.39 is 5.97 Å². The quantitative estimate of drug-likeness (QED) is 0.808. The van der Waals surface area contributed by atoms with E-state index in [9.17, 15) is 4.79 Å². The lowest BCUT2D eigenvalue weighted by atomic mass is 10.0. The number of ether oxygens (including phenoxy) is 2. The molecule has 0 unspecified atom stereocenters. The number of nitrogens with two attached hydrogens (primary N) is 2. The largest absolute Gasteiger partial charge is 0.485 e. The van der Waals surface area contributed by atoms with Crippen LogP contribution in [-0.4, -0.2) is 18.1 Å². The van der Waals surface area contributed by atoms with E-state index in [1.807, 2.05) is 6.07 Å². The van der Waals surface area contributed by atoms with Gasteiger partial charge in [0.25, 0.3) is 0 Å². The van der Waals surface area contributed by atoms with E-state index in [-0.39, 0.29) is 6.61 Å². The standard InChI is InChI=1S/C15H17N3O3/c1-20-15(19)11-5-2-4-10(8-16)12(11)9-21-13-6-3-7-18-14(13)17/h2-7H,8-9,16H2,1H3,(H2,17,18). The number of methoxy groups -OCH3 is 1. The topological polar surface area (TPSA) is 100 Å². The van der Waals surface area contributed by atoms with E-state index in [1.54, 1.807) is 30.5 Å². The van der Waals surface area contributed by atoms with Gasteiger partial charge in [-0.15, -0.1) is 0 Å². The number of pyridine rings is 1. The highest BCUT2D eigenvalue weighted by atomic mass is 16.5. The van der Waals surface area contributed by atoms with Crippen molar-refractivity contribution < 1.29 is 14.3 Å². The van der Waals surface area contributed by atoms with Crippen molar-refractivity contribution in [3.8, 4) is 5.75 Å². The van der Waals surface area contributed by atoms with Gasteiger partial charge in [0.05, 0.1) is 12.7 Å². The smallest absolute Gasteiger partial charge is 0.338 e. The molecule has 0 saturated heterocycles. The molecule has 0 radical (unpaired) electrons. The van der Waals surface area contributed by atoms with Gasteiger partial charge in [-0.05, 0) is 23.8 Å². The Morgan fingerprint density at radius 1 is 1.29 bits per heavy atom. The molecule has 1 aromatic heterocycles. The molecule has 0 saturated carbocycles. The summed E-state index contributed by atoms with van der Waals surface area (Å²) in [6.07, 6.45) is 1.58. The zero-order valence-electron chi connectivity index (χ0n) is 11.7. The highest BCUT2D eigenvalue weighted by Crippen LogP contribution is 2.22. The van der Waals surface area contributed by atoms with Gasteiger partial charge in [0.2, 0.25) is 0 Å². The maximum atomic E-state index is 11.8. The van der Waals surface area contributed by atoms with Crippen molar-refractivity contribution in [3.63, 3.8) is 0 Å². The molecule has 0 bridgehead atoms. The minimum atomic E-state index is -0.428. The minimum absolute atomic E-state index is 0.160. The molecule has 1 heterocycles. The van der Waals surface area contributed by atoms with Gasteiger partial charge in [-0.25, -0.2) is 9.78 Å². The van der Waals surface area contributed by atoms with Crippen molar-refractivity contribution in [2.45, 2.75) is 13.2 Å². The van der Waals surface area contributed by atoms with Crippen molar-refractivity contribution >= 4 is 11.8 Å². The van der Waals surface area contributed by atoms with Crippen molar-refractivity contribution in [1.29, 1.82) is 0 Å². The molecule has 4 N–H and O–H groups in total. The Labute approximate surface area is 122 Å². The molecule has 0 atom stereocenters. The Hall–Kier alpha value is -2.60. The molecule has 0 spiro atoms. The van der Waals surface area contributed by atoms with Gasteiger partial charge in [-0.1, -0.05) is 12.1 Å². The second-order valence-corrected chi connectivity index (χ2v) is 4.31. The number of anilines is 1. The van der Waals surface area contributed by atoms with Gasteiger partial charge in [0, 0.05) is 18.3 Å². The van der Waals surface area contributed by atoms with Crippen LogP contribution in [0.4, 0.5) is 5.82 Å². The summed E-state index contributed by atoms with van der Waals surface area (Å²) in [5.41, 5.74) is 13.4. The monoisotopic (exact) mass is 287 g/mol. The summed E-state index contributed by atoms with van der Waals surface area (Å²) in [5, 5.41) is 0. The summed E-state index contributed by atoms with van der Waals surface area (Å²) in [6, 6.07) is 8.72. The number of rotatable bonds is 5. The molecule has 21 heavy (non-hydrogen) atoms. The van der Waals surface area contributed by atoms with Crippen LogP contribution in [0, 0.1) is 0 Å². The predicted octanol–water partition coefficient (Wildman–Crippen LogP) is 1.49. The second kappa shape index (κ2) is 6.71. The summed E-state index contributed by atoms with van der Waals surface area (Å²) < 4.78 is 10.4. The Balaban J connectivity index is 2.30. The zero-order chi connectivity index (χ0) is 15.2. The predicted molar refractivity (Wildman–Crippen MR) is 78.7 cm³/mol. The number of nitrogens with zero attached hydrogens (tertiary/aromatic N) is 1. The molecule has 0 amide bonds. The van der Waals surface area contributed by atoms with E-state index in [0.29, 0.717) is 29.2 Å². The lowest BCUT2D eigenvalue weighted by molar-refractivity contribution is 0.0597. The van der Waals surface area contributed by atoms with Crippen LogP contribution in [0.25, 0.3) is 0 Å². The van der Waals surface area contributed by atoms with Gasteiger partial charge >= 0.3 is 5.97 Å². The molecule has 110 valence electrons. The molecule has 1 aromatic carbocycles. The second-order valence-electron chi connectivity index (χ2n) is 4.31. The number of carbonyl (C=O) groups excluding carboxylic acids is 1. The molecular weight excluding hydrogens is 270 g/mol. The molecular formula is C15H17N3O3. The molecule has 6 nitrogen and oxygen atoms in total. The first-order chi connectivity index (χ1) is 10.2. The molecule has 6 heteroatoms. The number of hydrogen-bond donors (Lipinski definition) is 2. The Kier molecular flexibility index (Phi) is 4.73. The van der Waals surface area contributed by atoms with Crippen molar-refractivity contribution in [2.24, 2.45) is 5.73 Å². The van der Waals surface area contributed by atoms with Crippen LogP contribution >= 0.6 is 0 Å². The van der Waals surface area contributed by atoms with E-state index in [2.05, 4.69) is 4.98 Å². The molecule has 2 rings (SSSR count). The van der Waals surface area contributed by atoms with Crippen LogP contribution in [0.1, 0.15) is 21.5 Å². The first-order valence-electron chi connectivity index (χ1n) is 6.39. The average Bonchev–Trinajstić information content (AvgIpc) is 2.53. The van der Waals surface area contributed by atoms with E-state index >= 15 is 0 Å². The Morgan fingerprint density at radius 2 is 2.10 bits per heavy atom. The highest BCUT2D eigenvalue weighted by Gasteiger charge is 2.15. The van der Waals surface area contributed by atoms with Gasteiger partial charge in [-0.3, -0.25) is 0 Å². The van der Waals surface area contributed by atoms with Crippen LogP contribution in [0.2, 0.25) is 0 Å². The third-order valence-corrected chi connectivity index (χ3v) is 3.07. The van der Waals surface area contributed by atoms with Gasteiger partial charge < -0.3 is 20.9 Å². The molecule has 0 aliphatic heterocycles. The Bertz CT molecular complexity index is 644.